The van der Waals surface area contributed by atoms with E-state index in [-0.39, 0.29) is 61.6 Å². The van der Waals surface area contributed by atoms with Gasteiger partial charge in [-0.05, 0) is 44.9 Å². The third-order valence-corrected chi connectivity index (χ3v) is 5.61. The first-order valence-electron chi connectivity index (χ1n) is 13.0. The zero-order valence-corrected chi connectivity index (χ0v) is 22.8. The van der Waals surface area contributed by atoms with Gasteiger partial charge in [0, 0.05) is 24.2 Å². The van der Waals surface area contributed by atoms with Gasteiger partial charge >= 0.3 is 17.9 Å². The molecule has 13 heteroatoms. The number of fused-ring (bicyclic) bond motifs is 1. The lowest BCUT2D eigenvalue weighted by Gasteiger charge is -2.17. The molecule has 0 bridgehead atoms. The highest BCUT2D eigenvalue weighted by Gasteiger charge is 2.24. The summed E-state index contributed by atoms with van der Waals surface area (Å²) >= 11 is 0. The lowest BCUT2D eigenvalue weighted by atomic mass is 10.1. The maximum atomic E-state index is 13.8. The molecular formula is C28H30F2N4O7. The molecule has 1 unspecified atom stereocenters. The number of aromatic nitrogens is 2. The Hall–Kier alpha value is -4.68. The average Bonchev–Trinajstić information content (AvgIpc) is 2.93. The molecule has 0 radical (unpaired) electrons. The second kappa shape index (κ2) is 14.6. The first kappa shape index (κ1) is 30.9. The van der Waals surface area contributed by atoms with Crippen LogP contribution in [0.4, 0.5) is 20.3 Å². The number of esters is 3. The minimum atomic E-state index is -1.13. The van der Waals surface area contributed by atoms with Gasteiger partial charge in [-0.3, -0.25) is 9.59 Å². The molecule has 0 saturated carbocycles. The van der Waals surface area contributed by atoms with E-state index in [1.165, 1.54) is 0 Å². The topological polar surface area (TPSA) is 146 Å². The van der Waals surface area contributed by atoms with Crippen molar-refractivity contribution in [2.24, 2.45) is 0 Å². The van der Waals surface area contributed by atoms with E-state index in [9.17, 15) is 28.0 Å². The van der Waals surface area contributed by atoms with Crippen LogP contribution in [0.15, 0.2) is 36.4 Å². The van der Waals surface area contributed by atoms with Crippen LogP contribution >= 0.6 is 0 Å². The fourth-order valence-corrected chi connectivity index (χ4v) is 3.74. The van der Waals surface area contributed by atoms with Gasteiger partial charge in [0.05, 0.1) is 37.3 Å². The van der Waals surface area contributed by atoms with E-state index in [1.807, 2.05) is 0 Å². The summed E-state index contributed by atoms with van der Waals surface area (Å²) in [5, 5.41) is 5.52. The van der Waals surface area contributed by atoms with Gasteiger partial charge in [-0.1, -0.05) is 12.1 Å². The summed E-state index contributed by atoms with van der Waals surface area (Å²) < 4.78 is 42.4. The first-order chi connectivity index (χ1) is 19.6. The van der Waals surface area contributed by atoms with Crippen LogP contribution in [0.2, 0.25) is 0 Å². The number of benzene rings is 2. The molecule has 2 aromatic carbocycles. The number of carbonyl (C=O) groups is 4. The van der Waals surface area contributed by atoms with Crippen LogP contribution in [0, 0.1) is 11.6 Å². The normalized spacial score (nSPS) is 11.4. The molecule has 3 rings (SSSR count). The smallest absolute Gasteiger partial charge is 0.360 e. The van der Waals surface area contributed by atoms with E-state index < -0.39 is 41.5 Å². The number of carbonyl (C=O) groups excluding carboxylic acids is 4. The third kappa shape index (κ3) is 8.65. The van der Waals surface area contributed by atoms with E-state index in [2.05, 4.69) is 20.6 Å². The van der Waals surface area contributed by atoms with Crippen molar-refractivity contribution >= 4 is 46.4 Å². The van der Waals surface area contributed by atoms with Crippen molar-refractivity contribution in [1.29, 1.82) is 0 Å². The monoisotopic (exact) mass is 572 g/mol. The summed E-state index contributed by atoms with van der Waals surface area (Å²) in [7, 11) is 0. The van der Waals surface area contributed by atoms with Gasteiger partial charge in [0.1, 0.15) is 6.04 Å². The number of hydrogen-bond donors (Lipinski definition) is 2. The molecule has 0 aliphatic carbocycles. The first-order valence-corrected chi connectivity index (χ1v) is 13.0. The van der Waals surface area contributed by atoms with Crippen LogP contribution in [0.25, 0.3) is 11.0 Å². The van der Waals surface area contributed by atoms with Crippen LogP contribution < -0.4 is 10.6 Å². The quantitative estimate of drug-likeness (QED) is 0.229. The summed E-state index contributed by atoms with van der Waals surface area (Å²) in [6.45, 7) is 5.29. The number of halogens is 2. The number of rotatable bonds is 13. The predicted molar refractivity (Wildman–Crippen MR) is 143 cm³/mol. The Morgan fingerprint density at radius 3 is 2.07 bits per heavy atom. The highest BCUT2D eigenvalue weighted by molar-refractivity contribution is 5.96. The molecule has 0 fully saturated rings. The van der Waals surface area contributed by atoms with Gasteiger partial charge in [-0.2, -0.15) is 0 Å². The minimum absolute atomic E-state index is 0.0202. The van der Waals surface area contributed by atoms with Gasteiger partial charge in [0.15, 0.2) is 23.1 Å². The largest absolute Gasteiger partial charge is 0.466 e. The second-order valence-corrected chi connectivity index (χ2v) is 8.61. The SMILES string of the molecule is CCOC(=O)CCC(NC(=O)Cc1ccc(Nc2nc3cc(F)c(F)cc3nc2C(=O)OCC)cc1)C(=O)OCC. The molecule has 1 heterocycles. The Labute approximate surface area is 234 Å². The van der Waals surface area contributed by atoms with Crippen LogP contribution in [0.5, 0.6) is 0 Å². The van der Waals surface area contributed by atoms with Crippen molar-refractivity contribution in [2.45, 2.75) is 46.1 Å². The van der Waals surface area contributed by atoms with Crippen LogP contribution in [0.3, 0.4) is 0 Å². The Balaban J connectivity index is 1.73. The number of ether oxygens (including phenoxy) is 3. The number of hydrogen-bond acceptors (Lipinski definition) is 10. The molecule has 2 N–H and O–H groups in total. The fraction of sp³-hybridized carbons (Fsp3) is 0.357. The summed E-state index contributed by atoms with van der Waals surface area (Å²) in [5.74, 6) is -4.69. The third-order valence-electron chi connectivity index (χ3n) is 5.61. The standard InChI is InChI=1S/C28H30F2N4O7/c1-4-39-24(36)12-11-20(27(37)40-5-2)32-23(35)13-16-7-9-17(10-8-16)31-26-25(28(38)41-6-3)33-21-14-18(29)19(30)15-22(21)34-26/h7-10,14-15,20H,4-6,11-13H2,1-3H3,(H,31,34)(H,32,35). The Bertz CT molecular complexity index is 1420. The molecule has 218 valence electrons. The zero-order chi connectivity index (χ0) is 29.9. The summed E-state index contributed by atoms with van der Waals surface area (Å²) in [5.41, 5.74) is 0.819. The lowest BCUT2D eigenvalue weighted by molar-refractivity contribution is -0.148. The summed E-state index contributed by atoms with van der Waals surface area (Å²) in [6, 6.07) is 7.18. The van der Waals surface area contributed by atoms with Crippen molar-refractivity contribution in [3.63, 3.8) is 0 Å². The number of anilines is 2. The molecule has 1 atom stereocenters. The highest BCUT2D eigenvalue weighted by Crippen LogP contribution is 2.24. The van der Waals surface area contributed by atoms with Crippen LogP contribution in [0.1, 0.15) is 49.7 Å². The molecular weight excluding hydrogens is 542 g/mol. The molecule has 11 nitrogen and oxygen atoms in total. The van der Waals surface area contributed by atoms with Crippen molar-refractivity contribution in [3.05, 3.63) is 59.3 Å². The fourth-order valence-electron chi connectivity index (χ4n) is 3.74. The Kier molecular flexibility index (Phi) is 11.0. The van der Waals surface area contributed by atoms with Crippen molar-refractivity contribution in [1.82, 2.24) is 15.3 Å². The number of amides is 1. The van der Waals surface area contributed by atoms with E-state index in [0.29, 0.717) is 11.3 Å². The lowest BCUT2D eigenvalue weighted by Crippen LogP contribution is -2.43. The van der Waals surface area contributed by atoms with E-state index >= 15 is 0 Å². The van der Waals surface area contributed by atoms with E-state index in [0.717, 1.165) is 12.1 Å². The average molecular weight is 573 g/mol. The molecule has 0 saturated heterocycles. The number of nitrogens with one attached hydrogen (secondary N) is 2. The predicted octanol–water partition coefficient (Wildman–Crippen LogP) is 3.76. The molecule has 3 aromatic rings. The van der Waals surface area contributed by atoms with Gasteiger partial charge in [-0.15, -0.1) is 0 Å². The minimum Gasteiger partial charge on any atom is -0.466 e. The maximum absolute atomic E-state index is 13.8. The number of nitrogens with zero attached hydrogens (tertiary/aromatic N) is 2. The summed E-state index contributed by atoms with van der Waals surface area (Å²) in [4.78, 5) is 57.5. The van der Waals surface area contributed by atoms with Gasteiger partial charge in [-0.25, -0.2) is 28.3 Å². The van der Waals surface area contributed by atoms with E-state index in [1.54, 1.807) is 45.0 Å². The maximum Gasteiger partial charge on any atom is 0.360 e. The molecule has 1 amide bonds. The van der Waals surface area contributed by atoms with Crippen molar-refractivity contribution in [3.8, 4) is 0 Å². The summed E-state index contributed by atoms with van der Waals surface area (Å²) in [6.07, 6.45) is -0.117. The van der Waals surface area contributed by atoms with Gasteiger partial charge < -0.3 is 24.8 Å². The molecule has 41 heavy (non-hydrogen) atoms. The zero-order valence-electron chi connectivity index (χ0n) is 22.8. The Morgan fingerprint density at radius 1 is 0.854 bits per heavy atom. The molecule has 0 spiro atoms. The Morgan fingerprint density at radius 2 is 1.46 bits per heavy atom. The molecule has 1 aromatic heterocycles. The van der Waals surface area contributed by atoms with Crippen LogP contribution in [-0.2, 0) is 35.0 Å². The molecule has 0 aliphatic rings. The van der Waals surface area contributed by atoms with Crippen molar-refractivity contribution < 1.29 is 42.2 Å². The van der Waals surface area contributed by atoms with E-state index in [4.69, 9.17) is 14.2 Å². The molecule has 0 aliphatic heterocycles. The van der Waals surface area contributed by atoms with Gasteiger partial charge in [0.25, 0.3) is 0 Å². The second-order valence-electron chi connectivity index (χ2n) is 8.61. The van der Waals surface area contributed by atoms with Crippen molar-refractivity contribution in [2.75, 3.05) is 25.1 Å². The van der Waals surface area contributed by atoms with Gasteiger partial charge in [0.2, 0.25) is 5.91 Å². The highest BCUT2D eigenvalue weighted by atomic mass is 19.2. The van der Waals surface area contributed by atoms with Crippen LogP contribution in [-0.4, -0.2) is 59.6 Å².